The second kappa shape index (κ2) is 5.95. The quantitative estimate of drug-likeness (QED) is 0.908. The molecule has 1 aromatic carbocycles. The number of hydrogen-bond donors (Lipinski definition) is 2. The van der Waals surface area contributed by atoms with E-state index in [2.05, 4.69) is 15.3 Å². The van der Waals surface area contributed by atoms with Gasteiger partial charge in [0.15, 0.2) is 5.82 Å². The van der Waals surface area contributed by atoms with Crippen LogP contribution in [0.4, 0.5) is 11.8 Å². The third-order valence-electron chi connectivity index (χ3n) is 2.49. The van der Waals surface area contributed by atoms with E-state index in [0.29, 0.717) is 28.2 Å². The van der Waals surface area contributed by atoms with Crippen molar-refractivity contribution in [2.75, 3.05) is 18.2 Å². The van der Waals surface area contributed by atoms with Gasteiger partial charge in [0.2, 0.25) is 5.95 Å². The zero-order valence-electron chi connectivity index (χ0n) is 10.2. The van der Waals surface area contributed by atoms with E-state index in [1.807, 2.05) is 12.1 Å². The van der Waals surface area contributed by atoms with E-state index in [0.717, 1.165) is 5.56 Å². The summed E-state index contributed by atoms with van der Waals surface area (Å²) in [6.07, 6.45) is 1.44. The van der Waals surface area contributed by atoms with Gasteiger partial charge in [-0.3, -0.25) is 0 Å². The number of nitrogens with one attached hydrogen (secondary N) is 1. The number of rotatable bonds is 4. The van der Waals surface area contributed by atoms with Crippen molar-refractivity contribution in [2.45, 2.75) is 6.54 Å². The predicted molar refractivity (Wildman–Crippen MR) is 76.8 cm³/mol. The maximum absolute atomic E-state index is 6.14. The van der Waals surface area contributed by atoms with E-state index < -0.39 is 0 Å². The minimum atomic E-state index is 0.151. The second-order valence-electron chi connectivity index (χ2n) is 3.70. The van der Waals surface area contributed by atoms with E-state index >= 15 is 0 Å². The molecule has 0 unspecified atom stereocenters. The first kappa shape index (κ1) is 13.7. The Morgan fingerprint density at radius 1 is 1.32 bits per heavy atom. The number of aromatic nitrogens is 2. The maximum Gasteiger partial charge on any atom is 0.222 e. The summed E-state index contributed by atoms with van der Waals surface area (Å²) in [4.78, 5) is 7.80. The van der Waals surface area contributed by atoms with Gasteiger partial charge in [0.25, 0.3) is 0 Å². The molecule has 0 saturated heterocycles. The molecule has 5 nitrogen and oxygen atoms in total. The Hall–Kier alpha value is -1.72. The lowest BCUT2D eigenvalue weighted by Gasteiger charge is -2.12. The first-order valence-corrected chi connectivity index (χ1v) is 6.20. The fourth-order valence-corrected chi connectivity index (χ4v) is 1.97. The fraction of sp³-hybridized carbons (Fsp3) is 0.167. The third-order valence-corrected chi connectivity index (χ3v) is 3.12. The van der Waals surface area contributed by atoms with E-state index in [1.54, 1.807) is 13.2 Å². The van der Waals surface area contributed by atoms with Gasteiger partial charge >= 0.3 is 0 Å². The molecule has 2 aromatic rings. The van der Waals surface area contributed by atoms with Crippen molar-refractivity contribution < 1.29 is 4.74 Å². The van der Waals surface area contributed by atoms with E-state index in [9.17, 15) is 0 Å². The van der Waals surface area contributed by atoms with Crippen molar-refractivity contribution in [1.82, 2.24) is 9.97 Å². The highest BCUT2D eigenvalue weighted by Crippen LogP contribution is 2.28. The molecule has 0 amide bonds. The Bertz CT molecular complexity index is 592. The standard InChI is InChI=1S/C12H12Cl2N4O/c1-19-10-4-2-3-8(13)7(10)5-16-11-9(14)6-17-12(15)18-11/h2-4,6H,5H2,1H3,(H3,15,16,17,18). The molecule has 2 rings (SSSR count). The minimum absolute atomic E-state index is 0.151. The topological polar surface area (TPSA) is 73.1 Å². The highest BCUT2D eigenvalue weighted by molar-refractivity contribution is 6.33. The molecule has 7 heteroatoms. The van der Waals surface area contributed by atoms with Crippen LogP contribution in [0.2, 0.25) is 10.0 Å². The Morgan fingerprint density at radius 2 is 2.11 bits per heavy atom. The fourth-order valence-electron chi connectivity index (χ4n) is 1.58. The summed E-state index contributed by atoms with van der Waals surface area (Å²) in [6, 6.07) is 5.44. The molecule has 1 aromatic heterocycles. The van der Waals surface area contributed by atoms with E-state index in [1.165, 1.54) is 6.20 Å². The molecule has 3 N–H and O–H groups in total. The van der Waals surface area contributed by atoms with Crippen LogP contribution in [0.3, 0.4) is 0 Å². The molecule has 0 fully saturated rings. The van der Waals surface area contributed by atoms with E-state index in [4.69, 9.17) is 33.7 Å². The van der Waals surface area contributed by atoms with Crippen LogP contribution in [0.15, 0.2) is 24.4 Å². The Balaban J connectivity index is 2.21. The zero-order chi connectivity index (χ0) is 13.8. The van der Waals surface area contributed by atoms with Gasteiger partial charge in [-0.25, -0.2) is 4.98 Å². The molecular formula is C12H12Cl2N4O. The lowest BCUT2D eigenvalue weighted by molar-refractivity contribution is 0.410. The van der Waals surface area contributed by atoms with Crippen LogP contribution in [0.1, 0.15) is 5.56 Å². The molecule has 0 spiro atoms. The van der Waals surface area contributed by atoms with Crippen molar-refractivity contribution in [3.63, 3.8) is 0 Å². The van der Waals surface area contributed by atoms with Crippen molar-refractivity contribution in [3.05, 3.63) is 40.0 Å². The SMILES string of the molecule is COc1cccc(Cl)c1CNc1nc(N)ncc1Cl. The first-order chi connectivity index (χ1) is 9.11. The number of halogens is 2. The summed E-state index contributed by atoms with van der Waals surface area (Å²) in [7, 11) is 1.59. The minimum Gasteiger partial charge on any atom is -0.496 e. The molecule has 0 atom stereocenters. The van der Waals surface area contributed by atoms with Gasteiger partial charge in [-0.1, -0.05) is 29.3 Å². The van der Waals surface area contributed by atoms with Crippen molar-refractivity contribution in [3.8, 4) is 5.75 Å². The molecule has 100 valence electrons. The lowest BCUT2D eigenvalue weighted by atomic mass is 10.2. The lowest BCUT2D eigenvalue weighted by Crippen LogP contribution is -2.06. The summed E-state index contributed by atoms with van der Waals surface area (Å²) in [5.41, 5.74) is 6.33. The summed E-state index contributed by atoms with van der Waals surface area (Å²) in [5, 5.41) is 4.05. The molecule has 0 aliphatic heterocycles. The summed E-state index contributed by atoms with van der Waals surface area (Å²) in [5.74, 6) is 1.30. The van der Waals surface area contributed by atoms with E-state index in [-0.39, 0.29) is 5.95 Å². The number of benzene rings is 1. The second-order valence-corrected chi connectivity index (χ2v) is 4.51. The average Bonchev–Trinajstić information content (AvgIpc) is 2.40. The van der Waals surface area contributed by atoms with Crippen LogP contribution < -0.4 is 15.8 Å². The van der Waals surface area contributed by atoms with Gasteiger partial charge in [-0.15, -0.1) is 0 Å². The van der Waals surface area contributed by atoms with Crippen LogP contribution in [0.25, 0.3) is 0 Å². The average molecular weight is 299 g/mol. The van der Waals surface area contributed by atoms with Crippen molar-refractivity contribution in [2.24, 2.45) is 0 Å². The Morgan fingerprint density at radius 3 is 2.84 bits per heavy atom. The smallest absolute Gasteiger partial charge is 0.222 e. The normalized spacial score (nSPS) is 10.3. The number of nitrogens with zero attached hydrogens (tertiary/aromatic N) is 2. The molecule has 0 saturated carbocycles. The largest absolute Gasteiger partial charge is 0.496 e. The highest BCUT2D eigenvalue weighted by Gasteiger charge is 2.09. The molecule has 0 bridgehead atoms. The van der Waals surface area contributed by atoms with Gasteiger partial charge in [-0.2, -0.15) is 4.98 Å². The van der Waals surface area contributed by atoms with Gasteiger partial charge in [0, 0.05) is 17.1 Å². The monoisotopic (exact) mass is 298 g/mol. The number of methoxy groups -OCH3 is 1. The highest BCUT2D eigenvalue weighted by atomic mass is 35.5. The summed E-state index contributed by atoms with van der Waals surface area (Å²) >= 11 is 12.1. The maximum atomic E-state index is 6.14. The zero-order valence-corrected chi connectivity index (χ0v) is 11.7. The van der Waals surface area contributed by atoms with Crippen LogP contribution in [0.5, 0.6) is 5.75 Å². The summed E-state index contributed by atoms with van der Waals surface area (Å²) < 4.78 is 5.25. The summed E-state index contributed by atoms with van der Waals surface area (Å²) in [6.45, 7) is 0.416. The predicted octanol–water partition coefficient (Wildman–Crippen LogP) is 2.99. The molecule has 1 heterocycles. The van der Waals surface area contributed by atoms with Crippen molar-refractivity contribution >= 4 is 35.0 Å². The van der Waals surface area contributed by atoms with Gasteiger partial charge in [-0.05, 0) is 12.1 Å². The third kappa shape index (κ3) is 3.19. The number of ether oxygens (including phenoxy) is 1. The van der Waals surface area contributed by atoms with Crippen molar-refractivity contribution in [1.29, 1.82) is 0 Å². The number of nitrogens with two attached hydrogens (primary N) is 1. The van der Waals surface area contributed by atoms with Crippen LogP contribution in [-0.2, 0) is 6.54 Å². The Labute approximate surface area is 120 Å². The molecular weight excluding hydrogens is 287 g/mol. The van der Waals surface area contributed by atoms with Gasteiger partial charge in [0.1, 0.15) is 10.8 Å². The number of nitrogen functional groups attached to an aromatic ring is 1. The van der Waals surface area contributed by atoms with Gasteiger partial charge in [0.05, 0.1) is 13.3 Å². The van der Waals surface area contributed by atoms with Gasteiger partial charge < -0.3 is 15.8 Å². The molecule has 19 heavy (non-hydrogen) atoms. The molecule has 0 aliphatic carbocycles. The number of anilines is 2. The van der Waals surface area contributed by atoms with Crippen LogP contribution in [0, 0.1) is 0 Å². The number of hydrogen-bond acceptors (Lipinski definition) is 5. The molecule has 0 aliphatic rings. The Kier molecular flexibility index (Phi) is 4.29. The van der Waals surface area contributed by atoms with Crippen LogP contribution in [-0.4, -0.2) is 17.1 Å². The first-order valence-electron chi connectivity index (χ1n) is 5.45. The molecule has 0 radical (unpaired) electrons. The van der Waals surface area contributed by atoms with Crippen LogP contribution >= 0.6 is 23.2 Å².